The molecule has 0 unspecified atom stereocenters. The highest BCUT2D eigenvalue weighted by Gasteiger charge is 2.18. The van der Waals surface area contributed by atoms with Crippen molar-refractivity contribution in [1.82, 2.24) is 0 Å². The Balaban J connectivity index is 2.97. The summed E-state index contributed by atoms with van der Waals surface area (Å²) in [6.45, 7) is 0. The minimum absolute atomic E-state index is 0.233. The summed E-state index contributed by atoms with van der Waals surface area (Å²) in [4.78, 5) is -0.495. The Hall–Kier alpha value is -1.79. The lowest BCUT2D eigenvalue weighted by Gasteiger charge is -2.06. The van der Waals surface area contributed by atoms with E-state index in [2.05, 4.69) is 0 Å². The van der Waals surface area contributed by atoms with Gasteiger partial charge in [0.05, 0.1) is 0 Å². The number of nitrogens with two attached hydrogens (primary N) is 1. The number of anilines is 1. The van der Waals surface area contributed by atoms with Crippen molar-refractivity contribution in [1.29, 1.82) is 0 Å². The van der Waals surface area contributed by atoms with E-state index in [-0.39, 0.29) is 5.39 Å². The van der Waals surface area contributed by atoms with Gasteiger partial charge in [0.15, 0.2) is 0 Å². The lowest BCUT2D eigenvalue weighted by molar-refractivity contribution is 0.445. The van der Waals surface area contributed by atoms with Gasteiger partial charge < -0.3 is 10.8 Å². The van der Waals surface area contributed by atoms with Crippen LogP contribution in [0.2, 0.25) is 0 Å². The highest BCUT2D eigenvalue weighted by molar-refractivity contribution is 7.86. The van der Waals surface area contributed by atoms with Crippen LogP contribution in [0.1, 0.15) is 0 Å². The predicted octanol–water partition coefficient (Wildman–Crippen LogP) is 1.37. The molecular weight excluding hydrogens is 230 g/mol. The first kappa shape index (κ1) is 10.7. The fourth-order valence-corrected chi connectivity index (χ4v) is 2.38. The number of fused-ring (bicyclic) bond motifs is 1. The number of hydrogen-bond acceptors (Lipinski definition) is 4. The van der Waals surface area contributed by atoms with E-state index < -0.39 is 20.8 Å². The molecule has 4 N–H and O–H groups in total. The summed E-state index contributed by atoms with van der Waals surface area (Å²) < 4.78 is 31.3. The van der Waals surface area contributed by atoms with Crippen molar-refractivity contribution in [3.8, 4) is 5.75 Å². The van der Waals surface area contributed by atoms with Gasteiger partial charge in [0.2, 0.25) is 0 Å². The molecule has 0 aliphatic carbocycles. The molecule has 0 spiro atoms. The van der Waals surface area contributed by atoms with Gasteiger partial charge in [-0.1, -0.05) is 12.1 Å². The van der Waals surface area contributed by atoms with Gasteiger partial charge in [0.1, 0.15) is 10.6 Å². The number of hydrogen-bond donors (Lipinski definition) is 3. The van der Waals surface area contributed by atoms with E-state index in [9.17, 15) is 13.5 Å². The summed E-state index contributed by atoms with van der Waals surface area (Å²) in [5, 5.41) is 10.2. The van der Waals surface area contributed by atoms with Crippen molar-refractivity contribution in [2.75, 3.05) is 5.73 Å². The molecule has 16 heavy (non-hydrogen) atoms. The van der Waals surface area contributed by atoms with Crippen LogP contribution in [0.25, 0.3) is 10.8 Å². The lowest BCUT2D eigenvalue weighted by atomic mass is 10.1. The van der Waals surface area contributed by atoms with Crippen molar-refractivity contribution in [3.05, 3.63) is 30.3 Å². The Morgan fingerprint density at radius 3 is 2.44 bits per heavy atom. The number of phenolic OH excluding ortho intramolecular Hbond substituents is 1. The van der Waals surface area contributed by atoms with Gasteiger partial charge in [-0.05, 0) is 23.6 Å². The molecule has 84 valence electrons. The zero-order valence-electron chi connectivity index (χ0n) is 8.08. The van der Waals surface area contributed by atoms with Crippen LogP contribution in [0, 0.1) is 0 Å². The Morgan fingerprint density at radius 2 is 1.81 bits per heavy atom. The molecule has 0 amide bonds. The second-order valence-electron chi connectivity index (χ2n) is 3.37. The van der Waals surface area contributed by atoms with Crippen molar-refractivity contribution in [3.63, 3.8) is 0 Å². The van der Waals surface area contributed by atoms with Crippen molar-refractivity contribution < 1.29 is 18.1 Å². The summed E-state index contributed by atoms with van der Waals surface area (Å²) in [6.07, 6.45) is 0. The second-order valence-corrected chi connectivity index (χ2v) is 4.73. The number of nitrogen functional groups attached to an aromatic ring is 1. The lowest BCUT2D eigenvalue weighted by Crippen LogP contribution is -2.00. The third-order valence-electron chi connectivity index (χ3n) is 2.23. The molecule has 0 heterocycles. The number of rotatable bonds is 1. The molecule has 0 atom stereocenters. The van der Waals surface area contributed by atoms with Gasteiger partial charge >= 0.3 is 0 Å². The third-order valence-corrected chi connectivity index (χ3v) is 3.18. The fraction of sp³-hybridized carbons (Fsp3) is 0. The summed E-state index contributed by atoms with van der Waals surface area (Å²) >= 11 is 0. The van der Waals surface area contributed by atoms with E-state index in [4.69, 9.17) is 10.3 Å². The maximum atomic E-state index is 11.1. The Labute approximate surface area is 91.9 Å². The molecule has 0 bridgehead atoms. The summed E-state index contributed by atoms with van der Waals surface area (Å²) in [5.74, 6) is -0.486. The van der Waals surface area contributed by atoms with E-state index in [1.165, 1.54) is 24.3 Å². The number of benzene rings is 2. The largest absolute Gasteiger partial charge is 0.506 e. The Morgan fingerprint density at radius 1 is 1.12 bits per heavy atom. The van der Waals surface area contributed by atoms with Gasteiger partial charge in [-0.3, -0.25) is 4.55 Å². The average Bonchev–Trinajstić information content (AvgIpc) is 2.16. The Kier molecular flexibility index (Phi) is 2.25. The smallest absolute Gasteiger partial charge is 0.298 e. The molecule has 2 rings (SSSR count). The molecule has 0 aliphatic heterocycles. The minimum Gasteiger partial charge on any atom is -0.506 e. The van der Waals surface area contributed by atoms with Crippen molar-refractivity contribution in [2.24, 2.45) is 0 Å². The van der Waals surface area contributed by atoms with Crippen LogP contribution in [-0.2, 0) is 10.1 Å². The minimum atomic E-state index is -4.46. The quantitative estimate of drug-likeness (QED) is 0.515. The van der Waals surface area contributed by atoms with Crippen LogP contribution in [0.15, 0.2) is 35.2 Å². The van der Waals surface area contributed by atoms with Crippen LogP contribution < -0.4 is 5.73 Å². The molecule has 0 radical (unpaired) electrons. The molecule has 5 nitrogen and oxygen atoms in total. The van der Waals surface area contributed by atoms with E-state index in [0.717, 1.165) is 0 Å². The summed E-state index contributed by atoms with van der Waals surface area (Å²) in [5.41, 5.74) is 6.02. The first-order chi connectivity index (χ1) is 7.39. The molecule has 0 fully saturated rings. The number of phenols is 1. The topological polar surface area (TPSA) is 101 Å². The maximum Gasteiger partial charge on any atom is 0.298 e. The summed E-state index contributed by atoms with van der Waals surface area (Å²) in [6, 6.07) is 7.22. The van der Waals surface area contributed by atoms with Crippen LogP contribution >= 0.6 is 0 Å². The van der Waals surface area contributed by atoms with Gasteiger partial charge in [-0.2, -0.15) is 8.42 Å². The zero-order valence-corrected chi connectivity index (χ0v) is 8.90. The van der Waals surface area contributed by atoms with Gasteiger partial charge in [0.25, 0.3) is 10.1 Å². The predicted molar refractivity (Wildman–Crippen MR) is 59.8 cm³/mol. The van der Waals surface area contributed by atoms with Crippen molar-refractivity contribution in [2.45, 2.75) is 4.90 Å². The van der Waals surface area contributed by atoms with Crippen molar-refractivity contribution >= 4 is 26.6 Å². The normalized spacial score (nSPS) is 11.8. The van der Waals surface area contributed by atoms with Crippen LogP contribution in [0.4, 0.5) is 5.69 Å². The molecule has 0 saturated heterocycles. The first-order valence-corrected chi connectivity index (χ1v) is 5.82. The average molecular weight is 239 g/mol. The Bertz CT molecular complexity index is 664. The van der Waals surface area contributed by atoms with E-state index in [1.54, 1.807) is 6.07 Å². The highest BCUT2D eigenvalue weighted by atomic mass is 32.2. The monoisotopic (exact) mass is 239 g/mol. The van der Waals surface area contributed by atoms with Crippen LogP contribution in [0.3, 0.4) is 0 Å². The molecule has 0 aliphatic rings. The molecule has 2 aromatic rings. The fourth-order valence-electron chi connectivity index (χ4n) is 1.58. The second kappa shape index (κ2) is 3.36. The number of aromatic hydroxyl groups is 1. The molecule has 0 aromatic heterocycles. The molecular formula is C10H9NO4S. The SMILES string of the molecule is Nc1ccc2c(S(=O)(=O)O)c(O)ccc2c1. The van der Waals surface area contributed by atoms with E-state index in [0.29, 0.717) is 11.1 Å². The zero-order chi connectivity index (χ0) is 11.9. The standard InChI is InChI=1S/C10H9NO4S/c11-7-2-3-8-6(5-7)1-4-9(12)10(8)16(13,14)15/h1-5,12H,11H2,(H,13,14,15). The van der Waals surface area contributed by atoms with E-state index >= 15 is 0 Å². The van der Waals surface area contributed by atoms with Gasteiger partial charge in [-0.25, -0.2) is 0 Å². The van der Waals surface area contributed by atoms with Gasteiger partial charge in [0, 0.05) is 11.1 Å². The van der Waals surface area contributed by atoms with Gasteiger partial charge in [-0.15, -0.1) is 0 Å². The maximum absolute atomic E-state index is 11.1. The highest BCUT2D eigenvalue weighted by Crippen LogP contribution is 2.31. The van der Waals surface area contributed by atoms with E-state index in [1.807, 2.05) is 0 Å². The molecule has 2 aromatic carbocycles. The third kappa shape index (κ3) is 1.68. The molecule has 0 saturated carbocycles. The van der Waals surface area contributed by atoms with Crippen LogP contribution in [-0.4, -0.2) is 18.1 Å². The molecule has 6 heteroatoms. The summed E-state index contributed by atoms with van der Waals surface area (Å²) in [7, 11) is -4.46. The first-order valence-electron chi connectivity index (χ1n) is 4.38. The van der Waals surface area contributed by atoms with Crippen LogP contribution in [0.5, 0.6) is 5.75 Å².